The Morgan fingerprint density at radius 1 is 1.82 bits per heavy atom. The van der Waals surface area contributed by atoms with Crippen molar-refractivity contribution >= 4 is 5.97 Å². The first-order valence-electron chi connectivity index (χ1n) is 3.70. The third-order valence-electron chi connectivity index (χ3n) is 1.68. The van der Waals surface area contributed by atoms with Gasteiger partial charge in [-0.25, -0.2) is 0 Å². The minimum atomic E-state index is -0.842. The highest BCUT2D eigenvalue weighted by Crippen LogP contribution is 2.25. The van der Waals surface area contributed by atoms with Crippen LogP contribution in [0.1, 0.15) is 20.3 Å². The monoisotopic (exact) mass is 155 g/mol. The van der Waals surface area contributed by atoms with Gasteiger partial charge < -0.3 is 4.74 Å². The molecule has 0 radical (unpaired) electrons. The van der Waals surface area contributed by atoms with E-state index >= 15 is 0 Å². The van der Waals surface area contributed by atoms with Crippen LogP contribution in [0.3, 0.4) is 0 Å². The Balaban J connectivity index is 2.56. The van der Waals surface area contributed by atoms with E-state index in [2.05, 4.69) is 0 Å². The highest BCUT2D eigenvalue weighted by atomic mass is 16.6. The number of esters is 1. The summed E-state index contributed by atoms with van der Waals surface area (Å²) in [5, 5.41) is 0. The van der Waals surface area contributed by atoms with Crippen LogP contribution in [0.4, 0.5) is 0 Å². The molecule has 1 rings (SSSR count). The van der Waals surface area contributed by atoms with Crippen LogP contribution < -0.4 is 5.73 Å². The van der Waals surface area contributed by atoms with Gasteiger partial charge in [-0.2, -0.15) is 0 Å². The van der Waals surface area contributed by atoms with Gasteiger partial charge in [0.25, 0.3) is 0 Å². The molecule has 3 heteroatoms. The number of nitrogens with two attached hydrogens (primary N) is 1. The summed E-state index contributed by atoms with van der Waals surface area (Å²) in [6, 6.07) is 0. The first kappa shape index (κ1) is 8.27. The van der Waals surface area contributed by atoms with Gasteiger partial charge in [-0.1, -0.05) is 13.0 Å². The minimum Gasteiger partial charge on any atom is -0.441 e. The lowest BCUT2D eigenvalue weighted by Crippen LogP contribution is -2.40. The summed E-state index contributed by atoms with van der Waals surface area (Å²) in [5.74, 6) is 0.0746. The van der Waals surface area contributed by atoms with E-state index < -0.39 is 5.72 Å². The summed E-state index contributed by atoms with van der Waals surface area (Å²) >= 11 is 0. The summed E-state index contributed by atoms with van der Waals surface area (Å²) < 4.78 is 4.92. The molecule has 2 atom stereocenters. The van der Waals surface area contributed by atoms with E-state index in [4.69, 9.17) is 10.5 Å². The SMILES string of the molecule is CC(=O)O[C@]1(N)C=CC(C)C1. The van der Waals surface area contributed by atoms with Crippen molar-refractivity contribution in [3.63, 3.8) is 0 Å². The van der Waals surface area contributed by atoms with E-state index in [-0.39, 0.29) is 5.97 Å². The smallest absolute Gasteiger partial charge is 0.304 e. The maximum atomic E-state index is 10.6. The maximum absolute atomic E-state index is 10.6. The van der Waals surface area contributed by atoms with Crippen molar-refractivity contribution in [2.75, 3.05) is 0 Å². The van der Waals surface area contributed by atoms with Crippen LogP contribution in [0.15, 0.2) is 12.2 Å². The quantitative estimate of drug-likeness (QED) is 0.346. The zero-order valence-electron chi connectivity index (χ0n) is 6.83. The lowest BCUT2D eigenvalue weighted by atomic mass is 10.1. The van der Waals surface area contributed by atoms with Crippen LogP contribution in [0.5, 0.6) is 0 Å². The number of carbonyl (C=O) groups is 1. The Hall–Kier alpha value is -0.830. The molecular weight excluding hydrogens is 142 g/mol. The molecule has 1 unspecified atom stereocenters. The number of rotatable bonds is 1. The number of hydrogen-bond donors (Lipinski definition) is 1. The second kappa shape index (κ2) is 2.66. The molecule has 1 aliphatic carbocycles. The standard InChI is InChI=1S/C8H13NO2/c1-6-3-4-8(9,5-6)11-7(2)10/h3-4,6H,5,9H2,1-2H3/t6?,8-/m1/s1. The number of carbonyl (C=O) groups excluding carboxylic acids is 1. The molecule has 0 aromatic carbocycles. The molecular formula is C8H13NO2. The van der Waals surface area contributed by atoms with Crippen molar-refractivity contribution in [3.05, 3.63) is 12.2 Å². The van der Waals surface area contributed by atoms with Crippen LogP contribution in [-0.4, -0.2) is 11.7 Å². The van der Waals surface area contributed by atoms with Crippen molar-refractivity contribution in [1.82, 2.24) is 0 Å². The molecule has 0 saturated carbocycles. The van der Waals surface area contributed by atoms with E-state index in [0.29, 0.717) is 12.3 Å². The Bertz CT molecular complexity index is 200. The molecule has 3 nitrogen and oxygen atoms in total. The average molecular weight is 155 g/mol. The highest BCUT2D eigenvalue weighted by Gasteiger charge is 2.31. The summed E-state index contributed by atoms with van der Waals surface area (Å²) in [7, 11) is 0. The molecule has 0 heterocycles. The van der Waals surface area contributed by atoms with Crippen LogP contribution >= 0.6 is 0 Å². The van der Waals surface area contributed by atoms with Crippen LogP contribution in [0.2, 0.25) is 0 Å². The fourth-order valence-corrected chi connectivity index (χ4v) is 1.31. The third kappa shape index (κ3) is 2.05. The van der Waals surface area contributed by atoms with Crippen LogP contribution in [0, 0.1) is 5.92 Å². The first-order chi connectivity index (χ1) is 5.02. The van der Waals surface area contributed by atoms with E-state index in [1.165, 1.54) is 6.92 Å². The van der Waals surface area contributed by atoms with Gasteiger partial charge in [0.2, 0.25) is 0 Å². The van der Waals surface area contributed by atoms with E-state index in [1.54, 1.807) is 6.08 Å². The second-order valence-corrected chi connectivity index (χ2v) is 3.09. The first-order valence-corrected chi connectivity index (χ1v) is 3.70. The fraction of sp³-hybridized carbons (Fsp3) is 0.625. The summed E-state index contributed by atoms with van der Waals surface area (Å²) in [6.07, 6.45) is 4.40. The molecule has 0 amide bonds. The fourth-order valence-electron chi connectivity index (χ4n) is 1.31. The van der Waals surface area contributed by atoms with Crippen LogP contribution in [0.25, 0.3) is 0 Å². The Labute approximate surface area is 66.2 Å². The average Bonchev–Trinajstić information content (AvgIpc) is 2.08. The molecule has 0 bridgehead atoms. The van der Waals surface area contributed by atoms with Crippen LogP contribution in [-0.2, 0) is 9.53 Å². The summed E-state index contributed by atoms with van der Waals surface area (Å²) in [5.41, 5.74) is 4.88. The molecule has 62 valence electrons. The minimum absolute atomic E-state index is 0.328. The highest BCUT2D eigenvalue weighted by molar-refractivity contribution is 5.66. The topological polar surface area (TPSA) is 52.3 Å². The zero-order chi connectivity index (χ0) is 8.48. The van der Waals surface area contributed by atoms with E-state index in [0.717, 1.165) is 0 Å². The Morgan fingerprint density at radius 2 is 2.45 bits per heavy atom. The van der Waals surface area contributed by atoms with Gasteiger partial charge in [0.05, 0.1) is 0 Å². The molecule has 1 aliphatic rings. The molecule has 0 aromatic heterocycles. The number of allylic oxidation sites excluding steroid dienone is 1. The normalized spacial score (nSPS) is 35.7. The number of hydrogen-bond acceptors (Lipinski definition) is 3. The van der Waals surface area contributed by atoms with E-state index in [1.807, 2.05) is 13.0 Å². The van der Waals surface area contributed by atoms with Crippen molar-refractivity contribution in [2.45, 2.75) is 26.0 Å². The molecule has 0 fully saturated rings. The van der Waals surface area contributed by atoms with Gasteiger partial charge >= 0.3 is 5.97 Å². The largest absolute Gasteiger partial charge is 0.441 e. The lowest BCUT2D eigenvalue weighted by molar-refractivity contribution is -0.152. The van der Waals surface area contributed by atoms with Gasteiger partial charge in [0, 0.05) is 13.3 Å². The molecule has 2 N–H and O–H groups in total. The van der Waals surface area contributed by atoms with Gasteiger partial charge in [-0.3, -0.25) is 10.5 Å². The summed E-state index contributed by atoms with van der Waals surface area (Å²) in [4.78, 5) is 10.6. The third-order valence-corrected chi connectivity index (χ3v) is 1.68. The zero-order valence-corrected chi connectivity index (χ0v) is 6.83. The molecule has 11 heavy (non-hydrogen) atoms. The number of ether oxygens (including phenoxy) is 1. The van der Waals surface area contributed by atoms with Crippen molar-refractivity contribution < 1.29 is 9.53 Å². The van der Waals surface area contributed by atoms with Gasteiger partial charge in [0.15, 0.2) is 5.72 Å². The summed E-state index contributed by atoms with van der Waals surface area (Å²) in [6.45, 7) is 3.40. The van der Waals surface area contributed by atoms with Crippen molar-refractivity contribution in [2.24, 2.45) is 11.7 Å². The van der Waals surface area contributed by atoms with Gasteiger partial charge in [-0.15, -0.1) is 0 Å². The molecule has 0 saturated heterocycles. The Morgan fingerprint density at radius 3 is 2.82 bits per heavy atom. The second-order valence-electron chi connectivity index (χ2n) is 3.09. The maximum Gasteiger partial charge on any atom is 0.304 e. The Kier molecular flexibility index (Phi) is 2.00. The van der Waals surface area contributed by atoms with Crippen molar-refractivity contribution in [3.8, 4) is 0 Å². The molecule has 0 aromatic rings. The van der Waals surface area contributed by atoms with Gasteiger partial charge in [0.1, 0.15) is 0 Å². The predicted octanol–water partition coefficient (Wildman–Crippen LogP) is 0.800. The molecule has 0 spiro atoms. The lowest BCUT2D eigenvalue weighted by Gasteiger charge is -2.22. The molecule has 0 aliphatic heterocycles. The predicted molar refractivity (Wildman–Crippen MR) is 41.6 cm³/mol. The van der Waals surface area contributed by atoms with Crippen molar-refractivity contribution in [1.29, 1.82) is 0 Å². The van der Waals surface area contributed by atoms with E-state index in [9.17, 15) is 4.79 Å². The van der Waals surface area contributed by atoms with Gasteiger partial charge in [-0.05, 0) is 12.0 Å².